The standard InChI is InChI=1S/C28H34F3N5O7/c1-28(2,3)42-27(40)35-6-4-5-14(11-35)20-9-16(33-43-20)10-21-25(38)24(26(39)22(13-37)41-21)36-12-19(32-34-36)15-7-17(29)23(31)18(30)8-15/h7-9,12,14,21-22,24-26,37-39H,4-6,10-11,13H2,1-3H3/t14-,21-,22-,24-,25+,26+/m1/s1. The Morgan fingerprint density at radius 2 is 1.81 bits per heavy atom. The van der Waals surface area contributed by atoms with Crippen LogP contribution in [0.1, 0.15) is 57.0 Å². The Labute approximate surface area is 245 Å². The van der Waals surface area contributed by atoms with Crippen LogP contribution in [0.15, 0.2) is 28.9 Å². The van der Waals surface area contributed by atoms with Crippen molar-refractivity contribution in [2.75, 3.05) is 19.7 Å². The van der Waals surface area contributed by atoms with E-state index in [1.54, 1.807) is 31.7 Å². The van der Waals surface area contributed by atoms with Gasteiger partial charge in [0, 0.05) is 37.1 Å². The smallest absolute Gasteiger partial charge is 0.410 e. The van der Waals surface area contributed by atoms with Gasteiger partial charge < -0.3 is 34.2 Å². The summed E-state index contributed by atoms with van der Waals surface area (Å²) < 4.78 is 59.0. The number of nitrogens with zero attached hydrogens (tertiary/aromatic N) is 5. The van der Waals surface area contributed by atoms with Gasteiger partial charge in [0.15, 0.2) is 17.5 Å². The van der Waals surface area contributed by atoms with E-state index in [1.165, 1.54) is 6.20 Å². The van der Waals surface area contributed by atoms with Crippen LogP contribution in [0.5, 0.6) is 0 Å². The third-order valence-corrected chi connectivity index (χ3v) is 7.55. The molecule has 5 rings (SSSR count). The lowest BCUT2D eigenvalue weighted by atomic mass is 9.90. The third kappa shape index (κ3) is 6.69. The van der Waals surface area contributed by atoms with Gasteiger partial charge in [-0.25, -0.2) is 22.6 Å². The van der Waals surface area contributed by atoms with E-state index in [1.807, 2.05) is 0 Å². The Balaban J connectivity index is 1.30. The summed E-state index contributed by atoms with van der Waals surface area (Å²) in [7, 11) is 0. The maximum Gasteiger partial charge on any atom is 0.410 e. The van der Waals surface area contributed by atoms with Crippen molar-refractivity contribution in [3.8, 4) is 11.3 Å². The van der Waals surface area contributed by atoms with Crippen LogP contribution in [-0.4, -0.2) is 96.2 Å². The van der Waals surface area contributed by atoms with Crippen LogP contribution in [0.25, 0.3) is 11.3 Å². The Morgan fingerprint density at radius 3 is 2.49 bits per heavy atom. The lowest BCUT2D eigenvalue weighted by molar-refractivity contribution is -0.205. The predicted octanol–water partition coefficient (Wildman–Crippen LogP) is 2.73. The van der Waals surface area contributed by atoms with Gasteiger partial charge in [0.2, 0.25) is 0 Å². The summed E-state index contributed by atoms with van der Waals surface area (Å²) in [5.41, 5.74) is -0.309. The van der Waals surface area contributed by atoms with Crippen molar-refractivity contribution in [2.45, 2.75) is 82.0 Å². The molecule has 2 fully saturated rings. The van der Waals surface area contributed by atoms with Gasteiger partial charge in [-0.15, -0.1) is 5.10 Å². The summed E-state index contributed by atoms with van der Waals surface area (Å²) in [6, 6.07) is 2.06. The lowest BCUT2D eigenvalue weighted by Crippen LogP contribution is -2.56. The number of hydrogen-bond acceptors (Lipinski definition) is 10. The molecular formula is C28H34F3N5O7. The first-order valence-corrected chi connectivity index (χ1v) is 14.0. The first-order valence-electron chi connectivity index (χ1n) is 14.0. The van der Waals surface area contributed by atoms with Crippen LogP contribution in [0.2, 0.25) is 0 Å². The van der Waals surface area contributed by atoms with Crippen LogP contribution in [0.3, 0.4) is 0 Å². The summed E-state index contributed by atoms with van der Waals surface area (Å²) in [5, 5.41) is 43.9. The number of aromatic nitrogens is 4. The Kier molecular flexibility index (Phi) is 8.79. The quantitative estimate of drug-likeness (QED) is 0.355. The monoisotopic (exact) mass is 609 g/mol. The highest BCUT2D eigenvalue weighted by Gasteiger charge is 2.46. The number of aliphatic hydroxyl groups excluding tert-OH is 3. The average Bonchev–Trinajstić information content (AvgIpc) is 3.63. The van der Waals surface area contributed by atoms with Crippen molar-refractivity contribution < 1.29 is 47.3 Å². The van der Waals surface area contributed by atoms with Crippen LogP contribution in [-0.2, 0) is 15.9 Å². The van der Waals surface area contributed by atoms with E-state index in [4.69, 9.17) is 14.0 Å². The van der Waals surface area contributed by atoms with E-state index in [2.05, 4.69) is 15.5 Å². The van der Waals surface area contributed by atoms with Gasteiger partial charge in [0.05, 0.1) is 24.6 Å². The first-order chi connectivity index (χ1) is 20.3. The van der Waals surface area contributed by atoms with Gasteiger partial charge in [0.1, 0.15) is 41.4 Å². The number of aliphatic hydroxyl groups is 3. The van der Waals surface area contributed by atoms with E-state index < -0.39 is 66.2 Å². The molecular weight excluding hydrogens is 575 g/mol. The number of benzene rings is 1. The number of carbonyl (C=O) groups is 1. The molecule has 3 aromatic rings. The molecule has 0 saturated carbocycles. The maximum absolute atomic E-state index is 13.8. The third-order valence-electron chi connectivity index (χ3n) is 7.55. The second-order valence-electron chi connectivity index (χ2n) is 11.9. The summed E-state index contributed by atoms with van der Waals surface area (Å²) >= 11 is 0. The Bertz CT molecular complexity index is 1420. The number of piperidine rings is 1. The molecule has 6 atom stereocenters. The molecule has 0 unspecified atom stereocenters. The van der Waals surface area contributed by atoms with Crippen LogP contribution >= 0.6 is 0 Å². The topological polar surface area (TPSA) is 156 Å². The summed E-state index contributed by atoms with van der Waals surface area (Å²) in [5.74, 6) is -4.00. The summed E-state index contributed by atoms with van der Waals surface area (Å²) in [4.78, 5) is 14.2. The maximum atomic E-state index is 13.8. The predicted molar refractivity (Wildman–Crippen MR) is 142 cm³/mol. The van der Waals surface area contributed by atoms with E-state index in [9.17, 15) is 33.3 Å². The minimum absolute atomic E-state index is 0.0326. The van der Waals surface area contributed by atoms with Gasteiger partial charge in [-0.05, 0) is 45.7 Å². The zero-order chi connectivity index (χ0) is 31.1. The highest BCUT2D eigenvalue weighted by molar-refractivity contribution is 5.68. The number of amides is 1. The lowest BCUT2D eigenvalue weighted by Gasteiger charge is -2.42. The fourth-order valence-electron chi connectivity index (χ4n) is 5.44. The SMILES string of the molecule is CC(C)(C)OC(=O)N1CCC[C@@H](c2cc(C[C@H]3O[C@H](CO)[C@H](O)[C@H](n4cc(-c5cc(F)c(F)c(F)c5)nn4)[C@H]3O)no2)C1. The van der Waals surface area contributed by atoms with Gasteiger partial charge in [-0.3, -0.25) is 0 Å². The molecule has 4 heterocycles. The minimum atomic E-state index is -1.63. The molecule has 2 aliphatic heterocycles. The van der Waals surface area contributed by atoms with Crippen molar-refractivity contribution >= 4 is 6.09 Å². The fourth-order valence-corrected chi connectivity index (χ4v) is 5.44. The molecule has 0 radical (unpaired) electrons. The first kappa shape index (κ1) is 30.9. The zero-order valence-electron chi connectivity index (χ0n) is 23.9. The van der Waals surface area contributed by atoms with Crippen LogP contribution in [0.4, 0.5) is 18.0 Å². The number of likely N-dealkylation sites (tertiary alicyclic amines) is 1. The summed E-state index contributed by atoms with van der Waals surface area (Å²) in [6.45, 7) is 5.79. The van der Waals surface area contributed by atoms with E-state index in [0.29, 0.717) is 24.5 Å². The zero-order valence-corrected chi connectivity index (χ0v) is 23.9. The van der Waals surface area contributed by atoms with Crippen molar-refractivity contribution in [3.05, 3.63) is 53.3 Å². The molecule has 2 aromatic heterocycles. The molecule has 234 valence electrons. The largest absolute Gasteiger partial charge is 0.444 e. The highest BCUT2D eigenvalue weighted by Crippen LogP contribution is 2.34. The molecule has 1 aromatic carbocycles. The Hall–Kier alpha value is -3.53. The van der Waals surface area contributed by atoms with E-state index in [-0.39, 0.29) is 23.6 Å². The van der Waals surface area contributed by atoms with E-state index >= 15 is 0 Å². The molecule has 2 saturated heterocycles. The molecule has 2 aliphatic rings. The normalized spacial score (nSPS) is 26.5. The molecule has 0 spiro atoms. The van der Waals surface area contributed by atoms with Crippen molar-refractivity contribution in [1.82, 2.24) is 25.1 Å². The number of rotatable bonds is 6. The molecule has 12 nitrogen and oxygen atoms in total. The minimum Gasteiger partial charge on any atom is -0.444 e. The number of ether oxygens (including phenoxy) is 2. The van der Waals surface area contributed by atoms with Crippen molar-refractivity contribution in [3.63, 3.8) is 0 Å². The molecule has 0 aliphatic carbocycles. The van der Waals surface area contributed by atoms with Gasteiger partial charge >= 0.3 is 6.09 Å². The van der Waals surface area contributed by atoms with Gasteiger partial charge in [0.25, 0.3) is 0 Å². The molecule has 43 heavy (non-hydrogen) atoms. The average molecular weight is 610 g/mol. The molecule has 0 bridgehead atoms. The summed E-state index contributed by atoms with van der Waals surface area (Å²) in [6.07, 6.45) is -2.49. The highest BCUT2D eigenvalue weighted by atomic mass is 19.2. The van der Waals surface area contributed by atoms with Gasteiger partial charge in [-0.1, -0.05) is 10.4 Å². The number of hydrogen-bond donors (Lipinski definition) is 3. The van der Waals surface area contributed by atoms with Gasteiger partial charge in [-0.2, -0.15) is 0 Å². The Morgan fingerprint density at radius 1 is 1.12 bits per heavy atom. The van der Waals surface area contributed by atoms with Crippen molar-refractivity contribution in [1.29, 1.82) is 0 Å². The molecule has 3 N–H and O–H groups in total. The van der Waals surface area contributed by atoms with Crippen LogP contribution in [0, 0.1) is 17.5 Å². The van der Waals surface area contributed by atoms with Crippen LogP contribution < -0.4 is 0 Å². The number of carbonyl (C=O) groups excluding carboxylic acids is 1. The van der Waals surface area contributed by atoms with Crippen molar-refractivity contribution in [2.24, 2.45) is 0 Å². The number of halogens is 3. The second kappa shape index (κ2) is 12.2. The fraction of sp³-hybridized carbons (Fsp3) is 0.571. The van der Waals surface area contributed by atoms with E-state index in [0.717, 1.165) is 29.7 Å². The molecule has 15 heteroatoms. The second-order valence-corrected chi connectivity index (χ2v) is 11.9. The molecule has 1 amide bonds.